The molecule has 0 aliphatic rings. The average Bonchev–Trinajstić information content (AvgIpc) is 3.66. The van der Waals surface area contributed by atoms with Gasteiger partial charge in [0.25, 0.3) is 0 Å². The number of hydrogen-bond donors (Lipinski definition) is 0. The first-order valence-corrected chi connectivity index (χ1v) is 19.3. The molecule has 0 atom stereocenters. The molecule has 0 N–H and O–H groups in total. The van der Waals surface area contributed by atoms with Gasteiger partial charge in [0.2, 0.25) is 0 Å². The predicted octanol–water partition coefficient (Wildman–Crippen LogP) is 10.2. The molecule has 0 aliphatic carbocycles. The van der Waals surface area contributed by atoms with Gasteiger partial charge in [-0.2, -0.15) is 0 Å². The van der Waals surface area contributed by atoms with Crippen molar-refractivity contribution in [1.82, 2.24) is 0 Å². The summed E-state index contributed by atoms with van der Waals surface area (Å²) in [5, 5.41) is 10.8. The Hall–Kier alpha value is -6.90. The zero-order chi connectivity index (χ0) is 39.1. The molecule has 0 saturated carbocycles. The normalized spacial score (nSPS) is 11.7. The van der Waals surface area contributed by atoms with Crippen LogP contribution in [0.25, 0.3) is 87.3 Å². The number of hydrogen-bond acceptors (Lipinski definition) is 2. The van der Waals surface area contributed by atoms with Gasteiger partial charge in [-0.1, -0.05) is 167 Å². The number of para-hydroxylation sites is 2. The highest BCUT2D eigenvalue weighted by Crippen LogP contribution is 2.43. The summed E-state index contributed by atoms with van der Waals surface area (Å²) in [6.07, 6.45) is 0. The molecule has 2 nitrogen and oxygen atoms in total. The van der Waals surface area contributed by atoms with Gasteiger partial charge >= 0.3 is 0 Å². The number of fused-ring (bicyclic) bond motifs is 9. The van der Waals surface area contributed by atoms with Crippen molar-refractivity contribution in [2.45, 2.75) is 0 Å². The lowest BCUT2D eigenvalue weighted by Crippen LogP contribution is -2.46. The molecule has 10 aromatic carbocycles. The van der Waals surface area contributed by atoms with E-state index in [0.29, 0.717) is 33.1 Å². The molecule has 11 rings (SSSR count). The van der Waals surface area contributed by atoms with Gasteiger partial charge in [-0.25, -0.2) is 0 Å². The van der Waals surface area contributed by atoms with E-state index in [1.165, 1.54) is 0 Å². The molecule has 260 valence electrons. The van der Waals surface area contributed by atoms with Gasteiger partial charge in [0.1, 0.15) is 42.6 Å². The summed E-state index contributed by atoms with van der Waals surface area (Å²) in [4.78, 5) is 2.11. The molecule has 0 spiro atoms. The zero-order valence-electron chi connectivity index (χ0n) is 31.4. The minimum Gasteiger partial charge on any atom is -0.455 e. The van der Waals surface area contributed by atoms with Crippen molar-refractivity contribution in [3.8, 4) is 22.3 Å². The van der Waals surface area contributed by atoms with Crippen molar-refractivity contribution in [3.63, 3.8) is 0 Å². The third-order valence-electron chi connectivity index (χ3n) is 11.7. The molecule has 0 amide bonds. The molecular weight excluding hydrogens is 698 g/mol. The highest BCUT2D eigenvalue weighted by atomic mass is 16.3. The Kier molecular flexibility index (Phi) is 7.91. The van der Waals surface area contributed by atoms with Gasteiger partial charge in [0, 0.05) is 33.1 Å². The van der Waals surface area contributed by atoms with Gasteiger partial charge in [0.15, 0.2) is 0 Å². The third kappa shape index (κ3) is 5.18. The van der Waals surface area contributed by atoms with Crippen molar-refractivity contribution in [2.75, 3.05) is 4.90 Å². The Labute approximate surface area is 341 Å². The van der Waals surface area contributed by atoms with Crippen molar-refractivity contribution < 1.29 is 4.42 Å². The maximum atomic E-state index is 7.28. The Balaban J connectivity index is 1.16. The Morgan fingerprint density at radius 2 is 0.897 bits per heavy atom. The molecule has 0 bridgehead atoms. The predicted molar refractivity (Wildman–Crippen MR) is 251 cm³/mol. The first-order chi connectivity index (χ1) is 28.5. The average molecular weight is 727 g/mol. The maximum absolute atomic E-state index is 7.28. The van der Waals surface area contributed by atoms with Crippen LogP contribution in [-0.4, -0.2) is 31.4 Å². The number of rotatable bonds is 5. The van der Waals surface area contributed by atoms with Crippen molar-refractivity contribution in [2.24, 2.45) is 0 Å². The smallest absolute Gasteiger partial charge is 0.143 e. The quantitative estimate of drug-likeness (QED) is 0.130. The summed E-state index contributed by atoms with van der Waals surface area (Å²) in [5.74, 6) is 0. The van der Waals surface area contributed by atoms with Gasteiger partial charge in [-0.15, -0.1) is 0 Å². The lowest BCUT2D eigenvalue weighted by atomic mass is 9.64. The molecule has 11 aromatic rings. The van der Waals surface area contributed by atoms with Crippen LogP contribution in [0, 0.1) is 0 Å². The van der Waals surface area contributed by atoms with Crippen LogP contribution in [0.1, 0.15) is 0 Å². The molecule has 6 heteroatoms. The van der Waals surface area contributed by atoms with Gasteiger partial charge < -0.3 is 9.32 Å². The summed E-state index contributed by atoms with van der Waals surface area (Å²) in [7, 11) is 29.0. The molecule has 0 saturated heterocycles. The van der Waals surface area contributed by atoms with Crippen LogP contribution >= 0.6 is 0 Å². The van der Waals surface area contributed by atoms with Crippen LogP contribution in [0.5, 0.6) is 0 Å². The molecule has 1 heterocycles. The Bertz CT molecular complexity index is 3430. The molecule has 58 heavy (non-hydrogen) atoms. The van der Waals surface area contributed by atoms with Crippen LogP contribution in [0.2, 0.25) is 0 Å². The SMILES string of the molecule is [B]c1c([B])c(N(c2ccc(-c3cccc4c3oc3ccccc34)cc2)c2cc3ccccc3c3ccccc23)c([B])c([B])c1-c1cc2ccccc2c2ccccc12. The Morgan fingerprint density at radius 1 is 0.379 bits per heavy atom. The van der Waals surface area contributed by atoms with E-state index in [4.69, 9.17) is 35.8 Å². The fourth-order valence-corrected chi connectivity index (χ4v) is 8.98. The molecule has 0 aliphatic heterocycles. The molecule has 8 radical (unpaired) electrons. The van der Waals surface area contributed by atoms with Gasteiger partial charge in [-0.3, -0.25) is 0 Å². The van der Waals surface area contributed by atoms with E-state index < -0.39 is 0 Å². The topological polar surface area (TPSA) is 16.4 Å². The van der Waals surface area contributed by atoms with Crippen molar-refractivity contribution >= 4 is 135 Å². The van der Waals surface area contributed by atoms with Gasteiger partial charge in [-0.05, 0) is 84.7 Å². The van der Waals surface area contributed by atoms with Crippen molar-refractivity contribution in [3.05, 3.63) is 176 Å². The number of anilines is 3. The summed E-state index contributed by atoms with van der Waals surface area (Å²) in [6, 6.07) is 60.6. The summed E-state index contributed by atoms with van der Waals surface area (Å²) in [6.45, 7) is 0. The molecule has 1 aromatic heterocycles. The van der Waals surface area contributed by atoms with E-state index in [2.05, 4.69) is 144 Å². The van der Waals surface area contributed by atoms with E-state index in [1.54, 1.807) is 0 Å². The lowest BCUT2D eigenvalue weighted by Gasteiger charge is -2.34. The zero-order valence-corrected chi connectivity index (χ0v) is 31.4. The van der Waals surface area contributed by atoms with Gasteiger partial charge in [0.05, 0.1) is 5.69 Å². The van der Waals surface area contributed by atoms with Crippen LogP contribution in [0.4, 0.5) is 17.1 Å². The third-order valence-corrected chi connectivity index (χ3v) is 11.7. The van der Waals surface area contributed by atoms with E-state index in [0.717, 1.165) is 93.1 Å². The molecular formula is C52H29B4NO. The second-order valence-corrected chi connectivity index (χ2v) is 14.9. The first-order valence-electron chi connectivity index (χ1n) is 19.3. The first kappa shape index (κ1) is 34.4. The largest absolute Gasteiger partial charge is 0.455 e. The minimum absolute atomic E-state index is 0.340. The van der Waals surface area contributed by atoms with Crippen molar-refractivity contribution in [1.29, 1.82) is 0 Å². The van der Waals surface area contributed by atoms with E-state index >= 15 is 0 Å². The summed E-state index contributed by atoms with van der Waals surface area (Å²) >= 11 is 0. The number of benzene rings is 10. The van der Waals surface area contributed by atoms with Crippen LogP contribution in [0.3, 0.4) is 0 Å². The fraction of sp³-hybridized carbons (Fsp3) is 0. The summed E-state index contributed by atoms with van der Waals surface area (Å²) in [5.41, 5.74) is 8.88. The van der Waals surface area contributed by atoms with E-state index in [1.807, 2.05) is 36.4 Å². The molecule has 0 unspecified atom stereocenters. The second-order valence-electron chi connectivity index (χ2n) is 14.9. The maximum Gasteiger partial charge on any atom is 0.143 e. The highest BCUT2D eigenvalue weighted by molar-refractivity contribution is 6.63. The standard InChI is InChI=1S/C52H29B4NO/c53-47-46(43-28-31-12-1-3-14-34(31)37-16-5-6-18-39(37)43)48(54)50(56)51(49(47)55)57(44-29-32-13-2-4-15-35(32)38-17-7-8-19-40(38)44)33-26-24-30(25-27-33)36-21-11-22-42-41-20-9-10-23-45(41)58-52(36)42/h1-29H. The molecule has 0 fully saturated rings. The fourth-order valence-electron chi connectivity index (χ4n) is 8.98. The highest BCUT2D eigenvalue weighted by Gasteiger charge is 2.25. The number of nitrogens with zero attached hydrogens (tertiary/aromatic N) is 1. The van der Waals surface area contributed by atoms with Crippen LogP contribution in [0.15, 0.2) is 180 Å². The lowest BCUT2D eigenvalue weighted by molar-refractivity contribution is 0.670. The van der Waals surface area contributed by atoms with Crippen LogP contribution < -0.4 is 26.8 Å². The second kappa shape index (κ2) is 13.4. The minimum atomic E-state index is 0.340. The monoisotopic (exact) mass is 727 g/mol. The van der Waals surface area contributed by atoms with Crippen LogP contribution in [-0.2, 0) is 0 Å². The summed E-state index contributed by atoms with van der Waals surface area (Å²) < 4.78 is 6.43. The number of furan rings is 1. The van der Waals surface area contributed by atoms with E-state index in [9.17, 15) is 0 Å². The Morgan fingerprint density at radius 3 is 1.57 bits per heavy atom. The van der Waals surface area contributed by atoms with E-state index in [-0.39, 0.29) is 0 Å².